The average molecular weight is 820 g/mol. The summed E-state index contributed by atoms with van der Waals surface area (Å²) in [6.07, 6.45) is 1.82. The van der Waals surface area contributed by atoms with Crippen LogP contribution in [-0.4, -0.2) is 29.9 Å². The highest BCUT2D eigenvalue weighted by Gasteiger charge is 2.35. The van der Waals surface area contributed by atoms with Gasteiger partial charge in [0, 0.05) is 14.7 Å². The number of thiazole rings is 1. The second-order valence-corrected chi connectivity index (χ2v) is 13.3. The molecule has 0 N–H and O–H groups in total. The van der Waals surface area contributed by atoms with E-state index in [9.17, 15) is 9.59 Å². The van der Waals surface area contributed by atoms with Crippen molar-refractivity contribution in [3.8, 4) is 11.5 Å². The van der Waals surface area contributed by atoms with Crippen LogP contribution in [0.2, 0.25) is 0 Å². The van der Waals surface area contributed by atoms with Crippen LogP contribution in [-0.2, 0) is 9.53 Å². The van der Waals surface area contributed by atoms with Gasteiger partial charge in [-0.05, 0) is 109 Å². The van der Waals surface area contributed by atoms with E-state index < -0.39 is 12.0 Å². The standard InChI is InChI=1S/C33H30I2N2O5S/c1-5-40-24-14-12-21(13-15-24)29-27(32(39)41-6-2)28(20-10-8-7-9-11-20)36-33-37(29)31(38)26(43-33)17-22-16-23(34)18-25(35)30(22)42-19(3)4/h7-19,29H,5-6H2,1-4H3/b26-17-/t29-/m1/s1. The van der Waals surface area contributed by atoms with Crippen molar-refractivity contribution in [2.45, 2.75) is 39.8 Å². The van der Waals surface area contributed by atoms with Crippen LogP contribution in [0.1, 0.15) is 50.4 Å². The molecule has 0 saturated heterocycles. The number of fused-ring (bicyclic) bond motifs is 1. The normalized spacial score (nSPS) is 14.9. The number of nitrogens with zero attached hydrogens (tertiary/aromatic N) is 2. The Morgan fingerprint density at radius 3 is 2.42 bits per heavy atom. The van der Waals surface area contributed by atoms with Gasteiger partial charge in [0.2, 0.25) is 0 Å². The first-order valence-corrected chi connectivity index (χ1v) is 16.9. The van der Waals surface area contributed by atoms with E-state index in [-0.39, 0.29) is 18.3 Å². The number of esters is 1. The number of rotatable bonds is 9. The molecule has 222 valence electrons. The summed E-state index contributed by atoms with van der Waals surface area (Å²) < 4.78 is 21.5. The summed E-state index contributed by atoms with van der Waals surface area (Å²) in [7, 11) is 0. The fourth-order valence-corrected chi connectivity index (χ4v) is 7.87. The molecule has 3 aromatic carbocycles. The number of carbonyl (C=O) groups excluding carboxylic acids is 1. The number of hydrogen-bond donors (Lipinski definition) is 0. The van der Waals surface area contributed by atoms with Crippen molar-refractivity contribution in [2.75, 3.05) is 13.2 Å². The van der Waals surface area contributed by atoms with E-state index in [4.69, 9.17) is 19.2 Å². The molecule has 2 heterocycles. The third-order valence-electron chi connectivity index (χ3n) is 6.56. The van der Waals surface area contributed by atoms with Crippen molar-refractivity contribution in [1.29, 1.82) is 0 Å². The molecular formula is C33H30I2N2O5S. The van der Waals surface area contributed by atoms with Crippen LogP contribution < -0.4 is 24.4 Å². The van der Waals surface area contributed by atoms with Gasteiger partial charge in [0.25, 0.3) is 5.56 Å². The molecule has 1 aliphatic heterocycles. The lowest BCUT2D eigenvalue weighted by Crippen LogP contribution is -2.40. The van der Waals surface area contributed by atoms with Gasteiger partial charge in [-0.25, -0.2) is 9.79 Å². The largest absolute Gasteiger partial charge is 0.494 e. The van der Waals surface area contributed by atoms with Crippen LogP contribution in [0.4, 0.5) is 0 Å². The third-order valence-corrected chi connectivity index (χ3v) is 8.96. The summed E-state index contributed by atoms with van der Waals surface area (Å²) in [5.74, 6) is 0.912. The number of benzene rings is 3. The van der Waals surface area contributed by atoms with E-state index in [1.807, 2.05) is 93.6 Å². The maximum absolute atomic E-state index is 14.3. The summed E-state index contributed by atoms with van der Waals surface area (Å²) in [5.41, 5.74) is 2.86. The van der Waals surface area contributed by atoms with Gasteiger partial charge >= 0.3 is 5.97 Å². The second-order valence-electron chi connectivity index (χ2n) is 9.91. The maximum Gasteiger partial charge on any atom is 0.338 e. The molecule has 0 aliphatic carbocycles. The molecule has 0 amide bonds. The molecule has 0 radical (unpaired) electrons. The number of ether oxygens (including phenoxy) is 3. The van der Waals surface area contributed by atoms with Crippen molar-refractivity contribution < 1.29 is 19.0 Å². The van der Waals surface area contributed by atoms with Gasteiger partial charge in [0.15, 0.2) is 4.80 Å². The molecule has 43 heavy (non-hydrogen) atoms. The van der Waals surface area contributed by atoms with E-state index in [1.165, 1.54) is 11.3 Å². The Morgan fingerprint density at radius 1 is 1.05 bits per heavy atom. The summed E-state index contributed by atoms with van der Waals surface area (Å²) >= 11 is 5.82. The predicted molar refractivity (Wildman–Crippen MR) is 186 cm³/mol. The number of aromatic nitrogens is 1. The predicted octanol–water partition coefficient (Wildman–Crippen LogP) is 6.33. The molecule has 1 aromatic heterocycles. The summed E-state index contributed by atoms with van der Waals surface area (Å²) in [5, 5.41) is 0. The summed E-state index contributed by atoms with van der Waals surface area (Å²) in [6.45, 7) is 8.36. The fourth-order valence-electron chi connectivity index (χ4n) is 4.86. The zero-order valence-electron chi connectivity index (χ0n) is 24.1. The molecule has 4 aromatic rings. The zero-order valence-corrected chi connectivity index (χ0v) is 29.2. The van der Waals surface area contributed by atoms with Crippen LogP contribution in [0.25, 0.3) is 11.8 Å². The Kier molecular flexibility index (Phi) is 10.1. The Morgan fingerprint density at radius 2 is 1.77 bits per heavy atom. The van der Waals surface area contributed by atoms with Crippen LogP contribution >= 0.6 is 56.5 Å². The van der Waals surface area contributed by atoms with E-state index in [0.717, 1.165) is 29.6 Å². The van der Waals surface area contributed by atoms with Crippen LogP contribution in [0.3, 0.4) is 0 Å². The lowest BCUT2D eigenvalue weighted by molar-refractivity contribution is -0.138. The van der Waals surface area contributed by atoms with Crippen LogP contribution in [0.15, 0.2) is 82.1 Å². The lowest BCUT2D eigenvalue weighted by atomic mass is 9.93. The molecule has 0 saturated carbocycles. The molecule has 0 unspecified atom stereocenters. The highest BCUT2D eigenvalue weighted by atomic mass is 127. The molecule has 0 fully saturated rings. The highest BCUT2D eigenvalue weighted by Crippen LogP contribution is 2.36. The van der Waals surface area contributed by atoms with Gasteiger partial charge in [-0.1, -0.05) is 53.8 Å². The van der Waals surface area contributed by atoms with Crippen molar-refractivity contribution >= 4 is 74.3 Å². The molecule has 7 nitrogen and oxygen atoms in total. The van der Waals surface area contributed by atoms with Gasteiger partial charge in [-0.3, -0.25) is 9.36 Å². The van der Waals surface area contributed by atoms with Crippen molar-refractivity contribution in [2.24, 2.45) is 4.99 Å². The summed E-state index contributed by atoms with van der Waals surface area (Å²) in [4.78, 5) is 33.4. The van der Waals surface area contributed by atoms with E-state index in [0.29, 0.717) is 33.0 Å². The molecule has 0 spiro atoms. The monoisotopic (exact) mass is 820 g/mol. The van der Waals surface area contributed by atoms with Crippen LogP contribution in [0.5, 0.6) is 11.5 Å². The first-order valence-electron chi connectivity index (χ1n) is 13.9. The molecule has 10 heteroatoms. The Hall–Kier alpha value is -2.97. The molecule has 1 atom stereocenters. The van der Waals surface area contributed by atoms with Gasteiger partial charge in [0.05, 0.1) is 44.7 Å². The quantitative estimate of drug-likeness (QED) is 0.146. The van der Waals surface area contributed by atoms with Crippen molar-refractivity contribution in [1.82, 2.24) is 4.57 Å². The number of hydrogen-bond acceptors (Lipinski definition) is 7. The topological polar surface area (TPSA) is 79.1 Å². The van der Waals surface area contributed by atoms with Gasteiger partial charge in [-0.15, -0.1) is 0 Å². The van der Waals surface area contributed by atoms with Gasteiger partial charge in [0.1, 0.15) is 11.5 Å². The molecular weight excluding hydrogens is 790 g/mol. The van der Waals surface area contributed by atoms with E-state index >= 15 is 0 Å². The first-order chi connectivity index (χ1) is 20.7. The third kappa shape index (κ3) is 6.75. The molecule has 1 aliphatic rings. The number of carbonyl (C=O) groups is 1. The SMILES string of the molecule is CCOC(=O)C1=C(c2ccccc2)N=c2s/c(=C\c3cc(I)cc(I)c3OC(C)C)c(=O)n2[C@@H]1c1ccc(OCC)cc1. The zero-order chi connectivity index (χ0) is 30.7. The van der Waals surface area contributed by atoms with Gasteiger partial charge in [-0.2, -0.15) is 0 Å². The van der Waals surface area contributed by atoms with E-state index in [1.54, 1.807) is 11.5 Å². The van der Waals surface area contributed by atoms with E-state index in [2.05, 4.69) is 45.2 Å². The smallest absolute Gasteiger partial charge is 0.338 e. The van der Waals surface area contributed by atoms with Crippen LogP contribution in [0, 0.1) is 7.14 Å². The minimum atomic E-state index is -0.759. The maximum atomic E-state index is 14.3. The average Bonchev–Trinajstić information content (AvgIpc) is 3.29. The highest BCUT2D eigenvalue weighted by molar-refractivity contribution is 14.1. The minimum Gasteiger partial charge on any atom is -0.494 e. The molecule has 0 bridgehead atoms. The second kappa shape index (κ2) is 13.8. The molecule has 5 rings (SSSR count). The fraction of sp³-hybridized carbons (Fsp3) is 0.242. The summed E-state index contributed by atoms with van der Waals surface area (Å²) in [6, 6.07) is 20.3. The van der Waals surface area contributed by atoms with Crippen molar-refractivity contribution in [3.05, 3.63) is 116 Å². The lowest BCUT2D eigenvalue weighted by Gasteiger charge is -2.26. The number of halogens is 2. The Labute approximate surface area is 281 Å². The first kappa shape index (κ1) is 31.5. The minimum absolute atomic E-state index is 0.0397. The Bertz CT molecular complexity index is 1860. The Balaban J connectivity index is 1.81. The van der Waals surface area contributed by atoms with Gasteiger partial charge < -0.3 is 14.2 Å². The van der Waals surface area contributed by atoms with Crippen molar-refractivity contribution in [3.63, 3.8) is 0 Å².